The first kappa shape index (κ1) is 17.9. The van der Waals surface area contributed by atoms with Gasteiger partial charge in [-0.05, 0) is 89.7 Å². The number of halogens is 1. The second-order valence-electron chi connectivity index (χ2n) is 5.51. The molecule has 0 aliphatic heterocycles. The molecule has 2 aromatic carbocycles. The number of pyridine rings is 1. The van der Waals surface area contributed by atoms with E-state index in [-0.39, 0.29) is 11.8 Å². The summed E-state index contributed by atoms with van der Waals surface area (Å²) in [6, 6.07) is 18.0. The third-order valence-corrected chi connectivity index (χ3v) is 4.38. The summed E-state index contributed by atoms with van der Waals surface area (Å²) in [5.74, 6) is 0.629. The van der Waals surface area contributed by atoms with Crippen molar-refractivity contribution >= 4 is 34.2 Å². The molecule has 0 aliphatic rings. The topological polar surface area (TPSA) is 75.0 Å². The molecule has 26 heavy (non-hydrogen) atoms. The van der Waals surface area contributed by atoms with E-state index in [0.29, 0.717) is 22.6 Å². The van der Waals surface area contributed by atoms with E-state index in [2.05, 4.69) is 32.9 Å². The summed E-state index contributed by atoms with van der Waals surface area (Å²) in [6.07, 6.45) is 1.57. The highest BCUT2D eigenvalue weighted by Crippen LogP contribution is 2.27. The molecule has 3 aromatic rings. The first-order valence-electron chi connectivity index (χ1n) is 7.77. The lowest BCUT2D eigenvalue weighted by atomic mass is 10.1. The number of nitriles is 1. The SMILES string of the molecule is Cc1cc(Oc2ncccc2C#N)ccc1NC(=O)c1ccc(I)cc1. The Morgan fingerprint density at radius 1 is 1.19 bits per heavy atom. The summed E-state index contributed by atoms with van der Waals surface area (Å²) in [5, 5.41) is 12.0. The maximum absolute atomic E-state index is 12.3. The van der Waals surface area contributed by atoms with E-state index >= 15 is 0 Å². The van der Waals surface area contributed by atoms with Gasteiger partial charge in [0.25, 0.3) is 5.91 Å². The minimum absolute atomic E-state index is 0.172. The maximum Gasteiger partial charge on any atom is 0.255 e. The molecule has 0 saturated carbocycles. The largest absolute Gasteiger partial charge is 0.438 e. The van der Waals surface area contributed by atoms with Crippen LogP contribution in [0.1, 0.15) is 21.5 Å². The molecule has 0 bridgehead atoms. The van der Waals surface area contributed by atoms with Gasteiger partial charge in [0.15, 0.2) is 0 Å². The molecule has 1 heterocycles. The van der Waals surface area contributed by atoms with Gasteiger partial charge in [-0.3, -0.25) is 4.79 Å². The number of aryl methyl sites for hydroxylation is 1. The number of carbonyl (C=O) groups is 1. The first-order valence-corrected chi connectivity index (χ1v) is 8.85. The normalized spacial score (nSPS) is 10.0. The van der Waals surface area contributed by atoms with Crippen LogP contribution in [0.25, 0.3) is 0 Å². The monoisotopic (exact) mass is 455 g/mol. The Bertz CT molecular complexity index is 995. The van der Waals surface area contributed by atoms with E-state index in [9.17, 15) is 4.79 Å². The van der Waals surface area contributed by atoms with Crippen LogP contribution in [0.3, 0.4) is 0 Å². The number of hydrogen-bond donors (Lipinski definition) is 1. The van der Waals surface area contributed by atoms with Crippen LogP contribution in [0, 0.1) is 21.8 Å². The molecule has 1 aromatic heterocycles. The van der Waals surface area contributed by atoms with Crippen molar-refractivity contribution in [1.29, 1.82) is 5.26 Å². The number of rotatable bonds is 4. The Balaban J connectivity index is 1.76. The van der Waals surface area contributed by atoms with Crippen LogP contribution in [-0.4, -0.2) is 10.9 Å². The summed E-state index contributed by atoms with van der Waals surface area (Å²) >= 11 is 2.20. The summed E-state index contributed by atoms with van der Waals surface area (Å²) in [7, 11) is 0. The van der Waals surface area contributed by atoms with Gasteiger partial charge < -0.3 is 10.1 Å². The fraction of sp³-hybridized carbons (Fsp3) is 0.0500. The van der Waals surface area contributed by atoms with Gasteiger partial charge in [0.1, 0.15) is 17.4 Å². The molecule has 3 rings (SSSR count). The lowest BCUT2D eigenvalue weighted by Gasteiger charge is -2.11. The van der Waals surface area contributed by atoms with Crippen molar-refractivity contribution in [2.45, 2.75) is 6.92 Å². The van der Waals surface area contributed by atoms with Crippen molar-refractivity contribution in [2.24, 2.45) is 0 Å². The molecule has 128 valence electrons. The summed E-state index contributed by atoms with van der Waals surface area (Å²) in [4.78, 5) is 16.4. The number of aromatic nitrogens is 1. The van der Waals surface area contributed by atoms with Crippen molar-refractivity contribution in [3.8, 4) is 17.7 Å². The highest BCUT2D eigenvalue weighted by Gasteiger charge is 2.10. The summed E-state index contributed by atoms with van der Waals surface area (Å²) in [6.45, 7) is 1.88. The minimum Gasteiger partial charge on any atom is -0.438 e. The zero-order chi connectivity index (χ0) is 18.5. The Hall–Kier alpha value is -2.92. The Morgan fingerprint density at radius 2 is 1.96 bits per heavy atom. The van der Waals surface area contributed by atoms with E-state index in [1.807, 2.05) is 25.1 Å². The molecule has 0 unspecified atom stereocenters. The molecule has 1 amide bonds. The second kappa shape index (κ2) is 7.97. The zero-order valence-electron chi connectivity index (χ0n) is 13.9. The second-order valence-corrected chi connectivity index (χ2v) is 6.75. The molecule has 1 N–H and O–H groups in total. The average Bonchev–Trinajstić information content (AvgIpc) is 2.65. The van der Waals surface area contributed by atoms with Gasteiger partial charge in [0.2, 0.25) is 5.88 Å². The lowest BCUT2D eigenvalue weighted by molar-refractivity contribution is 0.102. The molecule has 0 atom stereocenters. The van der Waals surface area contributed by atoms with Gasteiger partial charge in [-0.15, -0.1) is 0 Å². The van der Waals surface area contributed by atoms with Crippen molar-refractivity contribution in [3.05, 3.63) is 81.1 Å². The zero-order valence-corrected chi connectivity index (χ0v) is 16.0. The Labute approximate surface area is 164 Å². The Morgan fingerprint density at radius 3 is 2.65 bits per heavy atom. The average molecular weight is 455 g/mol. The number of nitrogens with zero attached hydrogens (tertiary/aromatic N) is 2. The van der Waals surface area contributed by atoms with Crippen LogP contribution in [0.4, 0.5) is 5.69 Å². The molecule has 0 aliphatic carbocycles. The van der Waals surface area contributed by atoms with Crippen molar-refractivity contribution in [3.63, 3.8) is 0 Å². The smallest absolute Gasteiger partial charge is 0.255 e. The molecule has 0 fully saturated rings. The molecule has 5 nitrogen and oxygen atoms in total. The van der Waals surface area contributed by atoms with Gasteiger partial charge in [-0.2, -0.15) is 5.26 Å². The maximum atomic E-state index is 12.3. The lowest BCUT2D eigenvalue weighted by Crippen LogP contribution is -2.12. The molecule has 0 saturated heterocycles. The van der Waals surface area contributed by atoms with Crippen LogP contribution < -0.4 is 10.1 Å². The van der Waals surface area contributed by atoms with Crippen LogP contribution in [0.2, 0.25) is 0 Å². The van der Waals surface area contributed by atoms with Gasteiger partial charge in [0.05, 0.1) is 0 Å². The highest BCUT2D eigenvalue weighted by molar-refractivity contribution is 14.1. The number of carbonyl (C=O) groups excluding carboxylic acids is 1. The summed E-state index contributed by atoms with van der Waals surface area (Å²) in [5.41, 5.74) is 2.50. The van der Waals surface area contributed by atoms with Gasteiger partial charge in [-0.1, -0.05) is 0 Å². The number of nitrogens with one attached hydrogen (secondary N) is 1. The Kier molecular flexibility index (Phi) is 5.49. The first-order chi connectivity index (χ1) is 12.6. The van der Waals surface area contributed by atoms with E-state index in [0.717, 1.165) is 9.13 Å². The molecular formula is C20H14IN3O2. The predicted octanol–water partition coefficient (Wildman–Crippen LogP) is 4.91. The number of amides is 1. The minimum atomic E-state index is -0.172. The van der Waals surface area contributed by atoms with Crippen molar-refractivity contribution < 1.29 is 9.53 Å². The number of ether oxygens (including phenoxy) is 1. The van der Waals surface area contributed by atoms with E-state index in [4.69, 9.17) is 10.00 Å². The van der Waals surface area contributed by atoms with Crippen LogP contribution in [0.5, 0.6) is 11.6 Å². The van der Waals surface area contributed by atoms with E-state index < -0.39 is 0 Å². The van der Waals surface area contributed by atoms with Gasteiger partial charge in [-0.25, -0.2) is 4.98 Å². The number of anilines is 1. The van der Waals surface area contributed by atoms with Gasteiger partial charge >= 0.3 is 0 Å². The standard InChI is InChI=1S/C20H14IN3O2/c1-13-11-17(26-20-15(12-22)3-2-10-23-20)8-9-18(13)24-19(25)14-4-6-16(21)7-5-14/h2-11H,1H3,(H,24,25). The van der Waals surface area contributed by atoms with E-state index in [1.165, 1.54) is 0 Å². The predicted molar refractivity (Wildman–Crippen MR) is 107 cm³/mol. The number of hydrogen-bond acceptors (Lipinski definition) is 4. The third-order valence-electron chi connectivity index (χ3n) is 3.66. The molecule has 6 heteroatoms. The van der Waals surface area contributed by atoms with Crippen molar-refractivity contribution in [1.82, 2.24) is 4.98 Å². The third kappa shape index (κ3) is 4.18. The van der Waals surface area contributed by atoms with E-state index in [1.54, 1.807) is 48.7 Å². The van der Waals surface area contributed by atoms with Crippen LogP contribution in [0.15, 0.2) is 60.8 Å². The molecule has 0 spiro atoms. The quantitative estimate of drug-likeness (QED) is 0.568. The van der Waals surface area contributed by atoms with Crippen molar-refractivity contribution in [2.75, 3.05) is 5.32 Å². The fourth-order valence-corrected chi connectivity index (χ4v) is 2.66. The number of benzene rings is 2. The highest BCUT2D eigenvalue weighted by atomic mass is 127. The molecular weight excluding hydrogens is 441 g/mol. The van der Waals surface area contributed by atoms with Gasteiger partial charge in [0, 0.05) is 21.0 Å². The van der Waals surface area contributed by atoms with Crippen LogP contribution in [-0.2, 0) is 0 Å². The van der Waals surface area contributed by atoms with Crippen LogP contribution >= 0.6 is 22.6 Å². The fourth-order valence-electron chi connectivity index (χ4n) is 2.30. The summed E-state index contributed by atoms with van der Waals surface area (Å²) < 4.78 is 6.76. The molecule has 0 radical (unpaired) electrons.